The molecule has 31 heavy (non-hydrogen) atoms. The highest BCUT2D eigenvalue weighted by molar-refractivity contribution is 9.10. The van der Waals surface area contributed by atoms with E-state index >= 15 is 0 Å². The van der Waals surface area contributed by atoms with E-state index in [1.54, 1.807) is 29.1 Å². The Morgan fingerprint density at radius 2 is 1.87 bits per heavy atom. The number of aromatic nitrogens is 2. The zero-order valence-electron chi connectivity index (χ0n) is 17.1. The van der Waals surface area contributed by atoms with E-state index in [4.69, 9.17) is 16.3 Å². The lowest BCUT2D eigenvalue weighted by Gasteiger charge is -2.26. The molecule has 0 spiro atoms. The Balaban J connectivity index is 1.30. The number of carbonyl (C=O) groups is 1. The van der Waals surface area contributed by atoms with E-state index in [1.165, 1.54) is 37.9 Å². The zero-order chi connectivity index (χ0) is 21.6. The predicted octanol–water partition coefficient (Wildman–Crippen LogP) is 5.57. The summed E-state index contributed by atoms with van der Waals surface area (Å²) < 4.78 is 8.10. The Hall–Kier alpha value is -2.35. The van der Waals surface area contributed by atoms with Crippen LogP contribution in [0.3, 0.4) is 0 Å². The number of ether oxygens (including phenoxy) is 1. The first kappa shape index (κ1) is 21.9. The average molecular weight is 504 g/mol. The van der Waals surface area contributed by atoms with Gasteiger partial charge in [-0.05, 0) is 67.9 Å². The van der Waals surface area contributed by atoms with Crippen molar-refractivity contribution >= 4 is 39.1 Å². The van der Waals surface area contributed by atoms with Gasteiger partial charge in [-0.25, -0.2) is 4.68 Å². The summed E-state index contributed by atoms with van der Waals surface area (Å²) in [7, 11) is 0. The highest BCUT2D eigenvalue weighted by atomic mass is 79.9. The number of nitrogens with zero attached hydrogens (tertiary/aromatic N) is 3. The molecule has 0 bridgehead atoms. The van der Waals surface area contributed by atoms with Gasteiger partial charge in [0.05, 0.1) is 5.02 Å². The normalized spacial score (nSPS) is 14.4. The van der Waals surface area contributed by atoms with Gasteiger partial charge in [-0.3, -0.25) is 9.69 Å². The molecule has 1 N–H and O–H groups in total. The third kappa shape index (κ3) is 6.09. The van der Waals surface area contributed by atoms with Gasteiger partial charge in [0.1, 0.15) is 5.75 Å². The maximum Gasteiger partial charge on any atom is 0.276 e. The minimum Gasteiger partial charge on any atom is -0.470 e. The molecular weight excluding hydrogens is 480 g/mol. The first-order chi connectivity index (χ1) is 15.1. The van der Waals surface area contributed by atoms with Crippen molar-refractivity contribution in [1.29, 1.82) is 0 Å². The molecule has 1 amide bonds. The highest BCUT2D eigenvalue weighted by Gasteiger charge is 2.12. The topological polar surface area (TPSA) is 59.4 Å². The number of rotatable bonds is 7. The molecule has 2 heterocycles. The van der Waals surface area contributed by atoms with Crippen molar-refractivity contribution in [2.45, 2.75) is 32.5 Å². The third-order valence-corrected chi connectivity index (χ3v) is 5.97. The van der Waals surface area contributed by atoms with Crippen LogP contribution in [0.5, 0.6) is 5.75 Å². The Morgan fingerprint density at radius 3 is 2.61 bits per heavy atom. The number of hydrogen-bond donors (Lipinski definition) is 1. The summed E-state index contributed by atoms with van der Waals surface area (Å²) in [5, 5.41) is 7.68. The molecule has 1 aliphatic heterocycles. The molecule has 1 fully saturated rings. The lowest BCUT2D eigenvalue weighted by atomic mass is 10.1. The second-order valence-corrected chi connectivity index (χ2v) is 8.90. The molecule has 1 aromatic heterocycles. The van der Waals surface area contributed by atoms with Gasteiger partial charge in [0.2, 0.25) is 0 Å². The van der Waals surface area contributed by atoms with Crippen molar-refractivity contribution in [2.24, 2.45) is 0 Å². The average Bonchev–Trinajstić information content (AvgIpc) is 3.25. The minimum atomic E-state index is -0.260. The van der Waals surface area contributed by atoms with E-state index < -0.39 is 0 Å². The predicted molar refractivity (Wildman–Crippen MR) is 126 cm³/mol. The van der Waals surface area contributed by atoms with Crippen LogP contribution in [0.1, 0.15) is 35.3 Å². The fourth-order valence-electron chi connectivity index (χ4n) is 3.55. The van der Waals surface area contributed by atoms with Gasteiger partial charge >= 0.3 is 0 Å². The summed E-state index contributed by atoms with van der Waals surface area (Å²) in [5.74, 6) is 0.292. The number of piperidine rings is 1. The van der Waals surface area contributed by atoms with Gasteiger partial charge in [-0.1, -0.05) is 46.1 Å². The highest BCUT2D eigenvalue weighted by Crippen LogP contribution is 2.27. The maximum atomic E-state index is 12.5. The van der Waals surface area contributed by atoms with Crippen LogP contribution in [-0.2, 0) is 13.3 Å². The van der Waals surface area contributed by atoms with Crippen LogP contribution in [-0.4, -0.2) is 33.7 Å². The van der Waals surface area contributed by atoms with E-state index in [0.717, 1.165) is 16.7 Å². The van der Waals surface area contributed by atoms with Crippen LogP contribution in [0.4, 0.5) is 5.69 Å². The summed E-state index contributed by atoms with van der Waals surface area (Å²) in [6, 6.07) is 15.1. The number of nitrogens with one attached hydrogen (secondary N) is 1. The molecule has 2 aromatic carbocycles. The van der Waals surface area contributed by atoms with E-state index in [0.29, 0.717) is 16.5 Å². The van der Waals surface area contributed by atoms with Gasteiger partial charge in [-0.15, -0.1) is 0 Å². The van der Waals surface area contributed by atoms with E-state index in [-0.39, 0.29) is 12.6 Å². The molecule has 6 nitrogen and oxygen atoms in total. The Bertz CT molecular complexity index is 1030. The van der Waals surface area contributed by atoms with Crippen molar-refractivity contribution in [3.05, 3.63) is 75.5 Å². The van der Waals surface area contributed by atoms with E-state index in [9.17, 15) is 4.79 Å². The minimum absolute atomic E-state index is 0.153. The van der Waals surface area contributed by atoms with Gasteiger partial charge in [0.25, 0.3) is 5.91 Å². The standard InChI is InChI=1S/C23H24BrClN4O2/c24-18-6-9-22(20(25)14-18)31-16-29-13-10-21(27-29)23(30)26-19-7-4-17(5-8-19)15-28-11-2-1-3-12-28/h4-10,13-14H,1-3,11-12,15-16H2,(H,26,30). The van der Waals surface area contributed by atoms with Gasteiger partial charge in [-0.2, -0.15) is 5.10 Å². The van der Waals surface area contributed by atoms with Crippen LogP contribution >= 0.6 is 27.5 Å². The first-order valence-electron chi connectivity index (χ1n) is 10.3. The quantitative estimate of drug-likeness (QED) is 0.458. The molecule has 1 aliphatic rings. The monoisotopic (exact) mass is 502 g/mol. The smallest absolute Gasteiger partial charge is 0.276 e. The molecule has 3 aromatic rings. The molecule has 0 saturated carbocycles. The summed E-state index contributed by atoms with van der Waals surface area (Å²) in [4.78, 5) is 15.0. The number of hydrogen-bond acceptors (Lipinski definition) is 4. The summed E-state index contributed by atoms with van der Waals surface area (Å²) >= 11 is 9.52. The van der Waals surface area contributed by atoms with Crippen molar-refractivity contribution in [3.63, 3.8) is 0 Å². The number of likely N-dealkylation sites (tertiary alicyclic amines) is 1. The number of anilines is 1. The van der Waals surface area contributed by atoms with Crippen LogP contribution in [0.2, 0.25) is 5.02 Å². The number of carbonyl (C=O) groups excluding carboxylic acids is 1. The van der Waals surface area contributed by atoms with Crippen molar-refractivity contribution in [1.82, 2.24) is 14.7 Å². The molecule has 162 valence electrons. The van der Waals surface area contributed by atoms with Gasteiger partial charge in [0.15, 0.2) is 12.4 Å². The Morgan fingerprint density at radius 1 is 1.10 bits per heavy atom. The summed E-state index contributed by atoms with van der Waals surface area (Å²) in [5.41, 5.74) is 2.33. The van der Waals surface area contributed by atoms with Crippen LogP contribution in [0.25, 0.3) is 0 Å². The molecule has 0 atom stereocenters. The maximum absolute atomic E-state index is 12.5. The molecule has 4 rings (SSSR count). The Kier molecular flexibility index (Phi) is 7.27. The molecule has 8 heteroatoms. The second kappa shape index (κ2) is 10.3. The molecule has 0 aliphatic carbocycles. The van der Waals surface area contributed by atoms with Crippen LogP contribution < -0.4 is 10.1 Å². The molecular formula is C23H24BrClN4O2. The number of amides is 1. The van der Waals surface area contributed by atoms with Crippen molar-refractivity contribution in [3.8, 4) is 5.75 Å². The second-order valence-electron chi connectivity index (χ2n) is 7.58. The van der Waals surface area contributed by atoms with Crippen LogP contribution in [0.15, 0.2) is 59.2 Å². The first-order valence-corrected chi connectivity index (χ1v) is 11.5. The molecule has 0 radical (unpaired) electrons. The van der Waals surface area contributed by atoms with Crippen LogP contribution in [0, 0.1) is 0 Å². The summed E-state index contributed by atoms with van der Waals surface area (Å²) in [6.45, 7) is 3.44. The zero-order valence-corrected chi connectivity index (χ0v) is 19.4. The number of benzene rings is 2. The molecule has 1 saturated heterocycles. The SMILES string of the molecule is O=C(Nc1ccc(CN2CCCCC2)cc1)c1ccn(COc2ccc(Br)cc2Cl)n1. The summed E-state index contributed by atoms with van der Waals surface area (Å²) in [6.07, 6.45) is 5.59. The Labute approximate surface area is 195 Å². The van der Waals surface area contributed by atoms with E-state index in [2.05, 4.69) is 43.4 Å². The van der Waals surface area contributed by atoms with E-state index in [1.807, 2.05) is 18.2 Å². The van der Waals surface area contributed by atoms with Crippen molar-refractivity contribution in [2.75, 3.05) is 18.4 Å². The lowest BCUT2D eigenvalue weighted by Crippen LogP contribution is -2.29. The third-order valence-electron chi connectivity index (χ3n) is 5.19. The van der Waals surface area contributed by atoms with Gasteiger partial charge in [0, 0.05) is 22.9 Å². The lowest BCUT2D eigenvalue weighted by molar-refractivity contribution is 0.102. The van der Waals surface area contributed by atoms with Gasteiger partial charge < -0.3 is 10.1 Å². The largest absolute Gasteiger partial charge is 0.470 e. The fraction of sp³-hybridized carbons (Fsp3) is 0.304. The fourth-order valence-corrected chi connectivity index (χ4v) is 4.27. The number of halogens is 2. The van der Waals surface area contributed by atoms with Crippen molar-refractivity contribution < 1.29 is 9.53 Å². The molecule has 0 unspecified atom stereocenters.